The maximum Gasteiger partial charge on any atom is 0.243 e. The van der Waals surface area contributed by atoms with Crippen molar-refractivity contribution in [1.29, 1.82) is 0 Å². The summed E-state index contributed by atoms with van der Waals surface area (Å²) in [6, 6.07) is 4.01. The highest BCUT2D eigenvalue weighted by Gasteiger charge is 2.37. The molecule has 0 saturated carbocycles. The second kappa shape index (κ2) is 6.74. The number of anilines is 1. The number of likely N-dealkylation sites (N-methyl/N-ethyl adjacent to an activating group) is 1. The van der Waals surface area contributed by atoms with E-state index in [0.717, 1.165) is 0 Å². The van der Waals surface area contributed by atoms with E-state index in [9.17, 15) is 18.0 Å². The smallest absolute Gasteiger partial charge is 0.243 e. The van der Waals surface area contributed by atoms with E-state index in [2.05, 4.69) is 5.32 Å². The van der Waals surface area contributed by atoms with Crippen LogP contribution in [0, 0.1) is 0 Å². The van der Waals surface area contributed by atoms with Crippen molar-refractivity contribution in [1.82, 2.24) is 9.62 Å². The second-order valence-electron chi connectivity index (χ2n) is 6.03. The third kappa shape index (κ3) is 3.14. The molecule has 1 aromatic rings. The van der Waals surface area contributed by atoms with Crippen LogP contribution in [0.5, 0.6) is 0 Å². The second-order valence-corrected chi connectivity index (χ2v) is 7.97. The van der Waals surface area contributed by atoms with Gasteiger partial charge in [-0.1, -0.05) is 0 Å². The summed E-state index contributed by atoms with van der Waals surface area (Å²) in [7, 11) is -2.10. The number of morpholine rings is 1. The molecule has 9 heteroatoms. The lowest BCUT2D eigenvalue weighted by molar-refractivity contribution is -0.125. The van der Waals surface area contributed by atoms with Gasteiger partial charge in [-0.05, 0) is 23.8 Å². The van der Waals surface area contributed by atoms with Crippen LogP contribution in [0.2, 0.25) is 0 Å². The lowest BCUT2D eigenvalue weighted by atomic mass is 10.1. The fraction of sp³-hybridized carbons (Fsp3) is 0.500. The van der Waals surface area contributed by atoms with E-state index in [1.54, 1.807) is 12.1 Å². The van der Waals surface area contributed by atoms with Gasteiger partial charge in [-0.2, -0.15) is 4.31 Å². The van der Waals surface area contributed by atoms with Gasteiger partial charge < -0.3 is 10.1 Å². The third-order valence-corrected chi connectivity index (χ3v) is 6.43. The summed E-state index contributed by atoms with van der Waals surface area (Å²) in [4.78, 5) is 25.6. The number of ether oxygens (including phenoxy) is 1. The van der Waals surface area contributed by atoms with Crippen LogP contribution in [-0.2, 0) is 30.8 Å². The fourth-order valence-electron chi connectivity index (χ4n) is 3.29. The number of benzene rings is 1. The van der Waals surface area contributed by atoms with E-state index in [1.807, 2.05) is 0 Å². The Morgan fingerprint density at radius 3 is 2.52 bits per heavy atom. The number of sulfonamides is 1. The standard InChI is InChI=1S/C16H21N3O5S/c1-11(20)19-14-4-3-13(9-12(14)10-15(19)16(21)17-2)25(22,23)18-5-7-24-8-6-18/h3-4,9,15H,5-8,10H2,1-2H3,(H,17,21)/t15-/m0/s1. The third-order valence-electron chi connectivity index (χ3n) is 4.53. The molecule has 1 fully saturated rings. The molecule has 2 aliphatic rings. The molecule has 0 radical (unpaired) electrons. The molecule has 2 heterocycles. The van der Waals surface area contributed by atoms with Gasteiger partial charge in [-0.3, -0.25) is 14.5 Å². The molecule has 1 saturated heterocycles. The highest BCUT2D eigenvalue weighted by Crippen LogP contribution is 2.34. The molecule has 0 aromatic heterocycles. The zero-order chi connectivity index (χ0) is 18.2. The number of amides is 2. The topological polar surface area (TPSA) is 96.0 Å². The minimum absolute atomic E-state index is 0.175. The molecule has 2 aliphatic heterocycles. The molecule has 1 atom stereocenters. The van der Waals surface area contributed by atoms with Crippen LogP contribution < -0.4 is 10.2 Å². The van der Waals surface area contributed by atoms with Crippen LogP contribution in [0.15, 0.2) is 23.1 Å². The highest BCUT2D eigenvalue weighted by atomic mass is 32.2. The van der Waals surface area contributed by atoms with Crippen LogP contribution in [0.1, 0.15) is 12.5 Å². The maximum atomic E-state index is 12.8. The first-order valence-electron chi connectivity index (χ1n) is 8.08. The van der Waals surface area contributed by atoms with Gasteiger partial charge in [0, 0.05) is 39.2 Å². The molecule has 1 N–H and O–H groups in total. The minimum atomic E-state index is -3.62. The summed E-state index contributed by atoms with van der Waals surface area (Å²) in [6.45, 7) is 2.78. The normalized spacial score (nSPS) is 21.0. The van der Waals surface area contributed by atoms with Gasteiger partial charge in [-0.25, -0.2) is 8.42 Å². The van der Waals surface area contributed by atoms with E-state index in [1.165, 1.54) is 29.2 Å². The predicted octanol–water partition coefficient (Wildman–Crippen LogP) is -0.269. The molecular formula is C16H21N3O5S. The minimum Gasteiger partial charge on any atom is -0.379 e. The van der Waals surface area contributed by atoms with E-state index in [-0.39, 0.29) is 16.7 Å². The van der Waals surface area contributed by atoms with Crippen molar-refractivity contribution in [2.75, 3.05) is 38.3 Å². The fourth-order valence-corrected chi connectivity index (χ4v) is 4.75. The van der Waals surface area contributed by atoms with Crippen molar-refractivity contribution in [2.45, 2.75) is 24.3 Å². The van der Waals surface area contributed by atoms with E-state index >= 15 is 0 Å². The summed E-state index contributed by atoms with van der Waals surface area (Å²) in [5.41, 5.74) is 1.26. The maximum absolute atomic E-state index is 12.8. The molecule has 25 heavy (non-hydrogen) atoms. The van der Waals surface area contributed by atoms with Crippen LogP contribution in [0.25, 0.3) is 0 Å². The lowest BCUT2D eigenvalue weighted by Crippen LogP contribution is -2.46. The summed E-state index contributed by atoms with van der Waals surface area (Å²) in [6.07, 6.45) is 0.293. The van der Waals surface area contributed by atoms with Crippen molar-refractivity contribution in [3.8, 4) is 0 Å². The van der Waals surface area contributed by atoms with Crippen LogP contribution in [0.3, 0.4) is 0 Å². The Bertz CT molecular complexity index is 802. The molecule has 3 rings (SSSR count). The number of rotatable bonds is 3. The molecule has 136 valence electrons. The Kier molecular flexibility index (Phi) is 4.81. The van der Waals surface area contributed by atoms with Crippen molar-refractivity contribution < 1.29 is 22.7 Å². The first-order chi connectivity index (χ1) is 11.9. The Balaban J connectivity index is 1.96. The molecule has 0 bridgehead atoms. The predicted molar refractivity (Wildman–Crippen MR) is 90.7 cm³/mol. The first-order valence-corrected chi connectivity index (χ1v) is 9.52. The Hall–Kier alpha value is -1.97. The lowest BCUT2D eigenvalue weighted by Gasteiger charge is -2.26. The molecule has 2 amide bonds. The Morgan fingerprint density at radius 2 is 1.92 bits per heavy atom. The van der Waals surface area contributed by atoms with Gasteiger partial charge in [-0.15, -0.1) is 0 Å². The van der Waals surface area contributed by atoms with Crippen LogP contribution in [-0.4, -0.2) is 63.9 Å². The first kappa shape index (κ1) is 17.8. The highest BCUT2D eigenvalue weighted by molar-refractivity contribution is 7.89. The summed E-state index contributed by atoms with van der Waals surface area (Å²) >= 11 is 0. The quantitative estimate of drug-likeness (QED) is 0.793. The largest absolute Gasteiger partial charge is 0.379 e. The number of carbonyl (C=O) groups excluding carboxylic acids is 2. The van der Waals surface area contributed by atoms with E-state index in [0.29, 0.717) is 44.0 Å². The molecule has 0 unspecified atom stereocenters. The Morgan fingerprint density at radius 1 is 1.24 bits per heavy atom. The SMILES string of the molecule is CNC(=O)[C@@H]1Cc2cc(S(=O)(=O)N3CCOCC3)ccc2N1C(C)=O. The van der Waals surface area contributed by atoms with Crippen molar-refractivity contribution >= 4 is 27.5 Å². The molecule has 0 aliphatic carbocycles. The molecular weight excluding hydrogens is 346 g/mol. The zero-order valence-electron chi connectivity index (χ0n) is 14.2. The van der Waals surface area contributed by atoms with Gasteiger partial charge in [0.15, 0.2) is 0 Å². The number of nitrogens with one attached hydrogen (secondary N) is 1. The van der Waals surface area contributed by atoms with E-state index < -0.39 is 16.1 Å². The number of fused-ring (bicyclic) bond motifs is 1. The monoisotopic (exact) mass is 367 g/mol. The van der Waals surface area contributed by atoms with Crippen LogP contribution >= 0.6 is 0 Å². The number of hydrogen-bond acceptors (Lipinski definition) is 5. The summed E-state index contributed by atoms with van der Waals surface area (Å²) in [5, 5.41) is 2.55. The number of carbonyl (C=O) groups is 2. The molecule has 8 nitrogen and oxygen atoms in total. The van der Waals surface area contributed by atoms with Gasteiger partial charge in [0.25, 0.3) is 0 Å². The number of nitrogens with zero attached hydrogens (tertiary/aromatic N) is 2. The van der Waals surface area contributed by atoms with E-state index in [4.69, 9.17) is 4.74 Å². The average molecular weight is 367 g/mol. The zero-order valence-corrected chi connectivity index (χ0v) is 15.0. The Labute approximate surface area is 146 Å². The van der Waals surface area contributed by atoms with Crippen molar-refractivity contribution in [3.63, 3.8) is 0 Å². The summed E-state index contributed by atoms with van der Waals surface area (Å²) in [5.74, 6) is -0.528. The molecule has 0 spiro atoms. The van der Waals surface area contributed by atoms with Gasteiger partial charge in [0.05, 0.1) is 18.1 Å². The van der Waals surface area contributed by atoms with Gasteiger partial charge >= 0.3 is 0 Å². The van der Waals surface area contributed by atoms with Crippen LogP contribution in [0.4, 0.5) is 5.69 Å². The van der Waals surface area contributed by atoms with Crippen molar-refractivity contribution in [3.05, 3.63) is 23.8 Å². The van der Waals surface area contributed by atoms with Crippen molar-refractivity contribution in [2.24, 2.45) is 0 Å². The van der Waals surface area contributed by atoms with Gasteiger partial charge in [0.1, 0.15) is 6.04 Å². The van der Waals surface area contributed by atoms with Gasteiger partial charge in [0.2, 0.25) is 21.8 Å². The average Bonchev–Trinajstić information content (AvgIpc) is 3.00. The number of hydrogen-bond donors (Lipinski definition) is 1. The molecule has 1 aromatic carbocycles. The summed E-state index contributed by atoms with van der Waals surface area (Å²) < 4.78 is 32.2.